The van der Waals surface area contributed by atoms with Crippen molar-refractivity contribution in [2.24, 2.45) is 0 Å². The summed E-state index contributed by atoms with van der Waals surface area (Å²) >= 11 is 0. The third-order valence-corrected chi connectivity index (χ3v) is 4.20. The van der Waals surface area contributed by atoms with E-state index in [9.17, 15) is 4.79 Å². The van der Waals surface area contributed by atoms with Crippen molar-refractivity contribution >= 4 is 11.7 Å². The van der Waals surface area contributed by atoms with E-state index in [0.29, 0.717) is 18.1 Å². The van der Waals surface area contributed by atoms with Crippen molar-refractivity contribution in [1.29, 1.82) is 0 Å². The van der Waals surface area contributed by atoms with Crippen molar-refractivity contribution in [3.05, 3.63) is 103 Å². The van der Waals surface area contributed by atoms with Crippen LogP contribution >= 0.6 is 0 Å². The van der Waals surface area contributed by atoms with E-state index in [4.69, 9.17) is 4.74 Å². The molecule has 0 aliphatic heterocycles. The molecule has 6 nitrogen and oxygen atoms in total. The molecule has 2 aromatic heterocycles. The molecule has 0 bridgehead atoms. The van der Waals surface area contributed by atoms with Crippen molar-refractivity contribution in [2.75, 3.05) is 5.32 Å². The largest absolute Gasteiger partial charge is 0.489 e. The molecule has 0 fully saturated rings. The zero-order valence-corrected chi connectivity index (χ0v) is 15.5. The number of ether oxygens (including phenoxy) is 1. The van der Waals surface area contributed by atoms with Gasteiger partial charge in [-0.3, -0.25) is 9.78 Å². The van der Waals surface area contributed by atoms with Gasteiger partial charge < -0.3 is 10.1 Å². The third kappa shape index (κ3) is 4.62. The van der Waals surface area contributed by atoms with E-state index in [1.165, 1.54) is 6.20 Å². The SMILES string of the molecule is O=C(Nc1ccccn1)c1nccnc1-c1ccc(COc2ccccc2)cc1. The topological polar surface area (TPSA) is 77.0 Å². The predicted octanol–water partition coefficient (Wildman–Crippen LogP) is 4.37. The fraction of sp³-hybridized carbons (Fsp3) is 0.0435. The molecule has 142 valence electrons. The van der Waals surface area contributed by atoms with Gasteiger partial charge in [0.2, 0.25) is 0 Å². The van der Waals surface area contributed by atoms with Crippen molar-refractivity contribution in [3.8, 4) is 17.0 Å². The number of anilines is 1. The van der Waals surface area contributed by atoms with Gasteiger partial charge in [0.25, 0.3) is 5.91 Å². The highest BCUT2D eigenvalue weighted by atomic mass is 16.5. The first kappa shape index (κ1) is 18.3. The molecule has 1 amide bonds. The Hall–Kier alpha value is -4.06. The molecule has 0 saturated heterocycles. The lowest BCUT2D eigenvalue weighted by Crippen LogP contribution is -2.16. The first-order valence-electron chi connectivity index (χ1n) is 9.10. The number of hydrogen-bond acceptors (Lipinski definition) is 5. The zero-order chi connectivity index (χ0) is 19.9. The number of aromatic nitrogens is 3. The molecule has 0 unspecified atom stereocenters. The number of amides is 1. The maximum atomic E-state index is 12.7. The molecule has 0 saturated carbocycles. The van der Waals surface area contributed by atoms with E-state index in [1.807, 2.05) is 54.6 Å². The lowest BCUT2D eigenvalue weighted by Gasteiger charge is -2.09. The molecule has 2 aromatic carbocycles. The van der Waals surface area contributed by atoms with Crippen LogP contribution in [0.4, 0.5) is 5.82 Å². The van der Waals surface area contributed by atoms with Gasteiger partial charge in [-0.15, -0.1) is 0 Å². The van der Waals surface area contributed by atoms with E-state index in [0.717, 1.165) is 16.9 Å². The highest BCUT2D eigenvalue weighted by Gasteiger charge is 2.16. The zero-order valence-electron chi connectivity index (χ0n) is 15.5. The van der Waals surface area contributed by atoms with Crippen LogP contribution in [-0.4, -0.2) is 20.9 Å². The molecule has 2 heterocycles. The highest BCUT2D eigenvalue weighted by molar-refractivity contribution is 6.06. The number of benzene rings is 2. The van der Waals surface area contributed by atoms with Crippen LogP contribution in [0.2, 0.25) is 0 Å². The molecule has 6 heteroatoms. The molecule has 4 rings (SSSR count). The molecule has 1 N–H and O–H groups in total. The Balaban J connectivity index is 1.50. The predicted molar refractivity (Wildman–Crippen MR) is 110 cm³/mol. The summed E-state index contributed by atoms with van der Waals surface area (Å²) in [6.45, 7) is 0.456. The number of rotatable bonds is 6. The molecule has 4 aromatic rings. The molecule has 0 aliphatic carbocycles. The minimum Gasteiger partial charge on any atom is -0.489 e. The number of pyridine rings is 1. The summed E-state index contributed by atoms with van der Waals surface area (Å²) in [5.74, 6) is 0.921. The van der Waals surface area contributed by atoms with Crippen LogP contribution in [0, 0.1) is 0 Å². The molecular weight excluding hydrogens is 364 g/mol. The first-order chi connectivity index (χ1) is 14.3. The lowest BCUT2D eigenvalue weighted by molar-refractivity contribution is 0.102. The summed E-state index contributed by atoms with van der Waals surface area (Å²) in [6.07, 6.45) is 4.68. The van der Waals surface area contributed by atoms with Crippen LogP contribution in [0.15, 0.2) is 91.4 Å². The van der Waals surface area contributed by atoms with Gasteiger partial charge in [-0.25, -0.2) is 9.97 Å². The van der Waals surface area contributed by atoms with Gasteiger partial charge in [-0.2, -0.15) is 0 Å². The summed E-state index contributed by atoms with van der Waals surface area (Å²) in [7, 11) is 0. The minimum atomic E-state index is -0.358. The summed E-state index contributed by atoms with van der Waals surface area (Å²) in [6, 6.07) is 22.7. The normalized spacial score (nSPS) is 10.3. The Morgan fingerprint density at radius 3 is 2.31 bits per heavy atom. The Morgan fingerprint density at radius 1 is 0.793 bits per heavy atom. The van der Waals surface area contributed by atoms with Crippen LogP contribution in [-0.2, 0) is 6.61 Å². The summed E-state index contributed by atoms with van der Waals surface area (Å²) in [5.41, 5.74) is 2.57. The Labute approximate surface area is 168 Å². The van der Waals surface area contributed by atoms with Crippen molar-refractivity contribution in [1.82, 2.24) is 15.0 Å². The van der Waals surface area contributed by atoms with Gasteiger partial charge in [-0.05, 0) is 29.8 Å². The van der Waals surface area contributed by atoms with Gasteiger partial charge in [0, 0.05) is 24.2 Å². The smallest absolute Gasteiger partial charge is 0.277 e. The van der Waals surface area contributed by atoms with Crippen LogP contribution in [0.5, 0.6) is 5.75 Å². The second-order valence-electron chi connectivity index (χ2n) is 6.22. The maximum Gasteiger partial charge on any atom is 0.277 e. The Bertz CT molecular complexity index is 1080. The van der Waals surface area contributed by atoms with Gasteiger partial charge in [0.15, 0.2) is 5.69 Å². The average Bonchev–Trinajstić information content (AvgIpc) is 2.79. The molecule has 0 atom stereocenters. The highest BCUT2D eigenvalue weighted by Crippen LogP contribution is 2.22. The lowest BCUT2D eigenvalue weighted by atomic mass is 10.1. The number of nitrogens with zero attached hydrogens (tertiary/aromatic N) is 3. The van der Waals surface area contributed by atoms with Crippen molar-refractivity contribution in [3.63, 3.8) is 0 Å². The van der Waals surface area contributed by atoms with Crippen molar-refractivity contribution in [2.45, 2.75) is 6.61 Å². The van der Waals surface area contributed by atoms with Gasteiger partial charge in [0.05, 0.1) is 0 Å². The molecule has 0 radical (unpaired) electrons. The van der Waals surface area contributed by atoms with Gasteiger partial charge in [-0.1, -0.05) is 48.5 Å². The van der Waals surface area contributed by atoms with E-state index < -0.39 is 0 Å². The monoisotopic (exact) mass is 382 g/mol. The van der Waals surface area contributed by atoms with E-state index in [2.05, 4.69) is 20.3 Å². The van der Waals surface area contributed by atoms with Gasteiger partial charge in [0.1, 0.15) is 23.9 Å². The van der Waals surface area contributed by atoms with Crippen LogP contribution < -0.4 is 10.1 Å². The fourth-order valence-corrected chi connectivity index (χ4v) is 2.77. The molecule has 0 aliphatic rings. The van der Waals surface area contributed by atoms with Gasteiger partial charge >= 0.3 is 0 Å². The van der Waals surface area contributed by atoms with Crippen LogP contribution in [0.1, 0.15) is 16.1 Å². The van der Waals surface area contributed by atoms with E-state index in [1.54, 1.807) is 30.6 Å². The summed E-state index contributed by atoms with van der Waals surface area (Å²) in [4.78, 5) is 25.4. The fourth-order valence-electron chi connectivity index (χ4n) is 2.77. The summed E-state index contributed by atoms with van der Waals surface area (Å²) in [5, 5.41) is 2.75. The Morgan fingerprint density at radius 2 is 1.55 bits per heavy atom. The maximum absolute atomic E-state index is 12.7. The van der Waals surface area contributed by atoms with Crippen LogP contribution in [0.25, 0.3) is 11.3 Å². The molecular formula is C23H18N4O2. The number of hydrogen-bond donors (Lipinski definition) is 1. The van der Waals surface area contributed by atoms with Crippen LogP contribution in [0.3, 0.4) is 0 Å². The average molecular weight is 382 g/mol. The number of nitrogens with one attached hydrogen (secondary N) is 1. The third-order valence-electron chi connectivity index (χ3n) is 4.20. The quantitative estimate of drug-likeness (QED) is 0.536. The molecule has 0 spiro atoms. The van der Waals surface area contributed by atoms with E-state index in [-0.39, 0.29) is 11.6 Å². The molecule has 29 heavy (non-hydrogen) atoms. The standard InChI is InChI=1S/C23H18N4O2/c28-23(27-20-8-4-5-13-24-20)22-21(25-14-15-26-22)18-11-9-17(10-12-18)16-29-19-6-2-1-3-7-19/h1-15H,16H2,(H,24,27,28). The number of carbonyl (C=O) groups is 1. The minimum absolute atomic E-state index is 0.242. The van der Waals surface area contributed by atoms with E-state index >= 15 is 0 Å². The number of para-hydroxylation sites is 1. The van der Waals surface area contributed by atoms with Crippen molar-refractivity contribution < 1.29 is 9.53 Å². The first-order valence-corrected chi connectivity index (χ1v) is 9.10. The summed E-state index contributed by atoms with van der Waals surface area (Å²) < 4.78 is 5.77. The number of carbonyl (C=O) groups excluding carboxylic acids is 1. The second kappa shape index (κ2) is 8.75. The Kier molecular flexibility index (Phi) is 5.53. The second-order valence-corrected chi connectivity index (χ2v) is 6.22.